The monoisotopic (exact) mass is 809 g/mol. The van der Waals surface area contributed by atoms with Crippen LogP contribution in [0.4, 0.5) is 0 Å². The number of aryl methyl sites for hydroxylation is 2. The molecule has 57 heavy (non-hydrogen) atoms. The summed E-state index contributed by atoms with van der Waals surface area (Å²) in [5.41, 5.74) is 10.2. The van der Waals surface area contributed by atoms with Crippen LogP contribution in [0.1, 0.15) is 75.8 Å². The van der Waals surface area contributed by atoms with Gasteiger partial charge in [0.05, 0.1) is 22.0 Å². The molecular formula is C45H45Cl2N3O7. The van der Waals surface area contributed by atoms with Crippen molar-refractivity contribution in [2.75, 3.05) is 6.54 Å². The van der Waals surface area contributed by atoms with Gasteiger partial charge in [0.1, 0.15) is 43.1 Å². The maximum Gasteiger partial charge on any atom is 0.304 e. The summed E-state index contributed by atoms with van der Waals surface area (Å²) in [5, 5.41) is 31.3. The van der Waals surface area contributed by atoms with Crippen molar-refractivity contribution in [2.24, 2.45) is 0 Å². The number of hydrogen-bond acceptors (Lipinski definition) is 8. The van der Waals surface area contributed by atoms with Gasteiger partial charge in [-0.3, -0.25) is 14.6 Å². The minimum atomic E-state index is -0.898. The first kappa shape index (κ1) is 42.5. The Bertz CT molecular complexity index is 2270. The Balaban J connectivity index is 1.30. The van der Waals surface area contributed by atoms with Gasteiger partial charge >= 0.3 is 11.9 Å². The average Bonchev–Trinajstić information content (AvgIpc) is 3.18. The van der Waals surface area contributed by atoms with E-state index in [1.807, 2.05) is 43.3 Å². The van der Waals surface area contributed by atoms with Gasteiger partial charge in [-0.2, -0.15) is 5.26 Å². The van der Waals surface area contributed by atoms with Gasteiger partial charge in [0.25, 0.3) is 0 Å². The third kappa shape index (κ3) is 11.9. The lowest BCUT2D eigenvalue weighted by atomic mass is 9.92. The number of nitrogens with one attached hydrogen (secondary N) is 1. The molecule has 0 unspecified atom stereocenters. The molecule has 0 atom stereocenters. The van der Waals surface area contributed by atoms with E-state index in [9.17, 15) is 14.9 Å². The van der Waals surface area contributed by atoms with Crippen LogP contribution in [0.3, 0.4) is 0 Å². The minimum Gasteiger partial charge on any atom is -0.488 e. The first-order valence-corrected chi connectivity index (χ1v) is 19.3. The van der Waals surface area contributed by atoms with Crippen molar-refractivity contribution in [2.45, 2.75) is 79.2 Å². The number of ether oxygens (including phenoxy) is 3. The molecule has 0 amide bonds. The smallest absolute Gasteiger partial charge is 0.304 e. The fourth-order valence-corrected chi connectivity index (χ4v) is 6.89. The second kappa shape index (κ2) is 20.5. The normalized spacial score (nSPS) is 10.9. The minimum absolute atomic E-state index is 0.0301. The predicted octanol–water partition coefficient (Wildman–Crippen LogP) is 9.95. The van der Waals surface area contributed by atoms with Crippen LogP contribution in [0.25, 0.3) is 11.1 Å². The second-order valence-corrected chi connectivity index (χ2v) is 14.6. The summed E-state index contributed by atoms with van der Waals surface area (Å²) in [6.45, 7) is 7.45. The van der Waals surface area contributed by atoms with Crippen LogP contribution < -0.4 is 19.5 Å². The number of rotatable bonds is 20. The van der Waals surface area contributed by atoms with Gasteiger partial charge < -0.3 is 29.7 Å². The average molecular weight is 811 g/mol. The van der Waals surface area contributed by atoms with Crippen LogP contribution in [0, 0.1) is 32.1 Å². The molecular weight excluding hydrogens is 765 g/mol. The number of carbonyl (C=O) groups is 2. The molecule has 0 radical (unpaired) electrons. The summed E-state index contributed by atoms with van der Waals surface area (Å²) in [5.74, 6) is -0.161. The number of nitriles is 1. The van der Waals surface area contributed by atoms with Crippen molar-refractivity contribution >= 4 is 35.1 Å². The standard InChI is InChI=1S/C45H45Cl2N3O7/c1-28-16-42(39(46)18-33(28)8-4-5-13-44(51)52)56-26-34-9-6-11-37(29(34)2)38-12-7-10-35(30(38)3)27-57-43-20-41(55-25-32-17-31(21-48)22-50-23-32)36(19-40(43)47)24-49-15-14-45(53)54/h6-7,9-12,16-20,22-23,49H,4-5,8,13-15,24-27H2,1-3H3,(H,51,52)(H,53,54). The van der Waals surface area contributed by atoms with Gasteiger partial charge in [-0.1, -0.05) is 59.6 Å². The summed E-state index contributed by atoms with van der Waals surface area (Å²) in [6.07, 6.45) is 5.39. The number of halogens is 2. The molecule has 12 heteroatoms. The van der Waals surface area contributed by atoms with Crippen molar-refractivity contribution < 1.29 is 34.0 Å². The molecule has 0 fully saturated rings. The maximum absolute atomic E-state index is 11.0. The number of hydrogen-bond donors (Lipinski definition) is 3. The molecule has 0 spiro atoms. The van der Waals surface area contributed by atoms with E-state index in [0.717, 1.165) is 62.9 Å². The Hall–Kier alpha value is -5.60. The molecule has 3 N–H and O–H groups in total. The van der Waals surface area contributed by atoms with Gasteiger partial charge in [-0.15, -0.1) is 0 Å². The number of benzene rings is 4. The van der Waals surface area contributed by atoms with Crippen molar-refractivity contribution in [1.82, 2.24) is 10.3 Å². The number of aromatic nitrogens is 1. The van der Waals surface area contributed by atoms with Crippen molar-refractivity contribution in [1.29, 1.82) is 5.26 Å². The molecule has 0 bridgehead atoms. The molecule has 5 aromatic rings. The predicted molar refractivity (Wildman–Crippen MR) is 220 cm³/mol. The van der Waals surface area contributed by atoms with E-state index in [1.54, 1.807) is 24.4 Å². The molecule has 0 aliphatic carbocycles. The number of aliphatic carboxylic acids is 2. The second-order valence-electron chi connectivity index (χ2n) is 13.8. The highest BCUT2D eigenvalue weighted by Crippen LogP contribution is 2.36. The number of pyridine rings is 1. The molecule has 10 nitrogen and oxygen atoms in total. The summed E-state index contributed by atoms with van der Waals surface area (Å²) < 4.78 is 18.8. The van der Waals surface area contributed by atoms with Gasteiger partial charge in [0.15, 0.2) is 0 Å². The van der Waals surface area contributed by atoms with Crippen LogP contribution in [0.15, 0.2) is 79.1 Å². The summed E-state index contributed by atoms with van der Waals surface area (Å²) in [7, 11) is 0. The topological polar surface area (TPSA) is 151 Å². The summed E-state index contributed by atoms with van der Waals surface area (Å²) in [6, 6.07) is 23.4. The maximum atomic E-state index is 11.0. The van der Waals surface area contributed by atoms with Crippen molar-refractivity contribution in [3.05, 3.63) is 139 Å². The van der Waals surface area contributed by atoms with Crippen LogP contribution >= 0.6 is 23.2 Å². The zero-order valence-corrected chi connectivity index (χ0v) is 33.7. The van der Waals surface area contributed by atoms with Gasteiger partial charge in [-0.25, -0.2) is 0 Å². The summed E-state index contributed by atoms with van der Waals surface area (Å²) >= 11 is 13.4. The number of unbranched alkanes of at least 4 members (excludes halogenated alkanes) is 1. The Morgan fingerprint density at radius 3 is 1.93 bits per heavy atom. The lowest BCUT2D eigenvalue weighted by molar-refractivity contribution is -0.138. The zero-order chi connectivity index (χ0) is 40.9. The number of carboxylic acid groups (broad SMARTS) is 2. The first-order chi connectivity index (χ1) is 27.4. The first-order valence-electron chi connectivity index (χ1n) is 18.6. The Morgan fingerprint density at radius 1 is 0.719 bits per heavy atom. The molecule has 0 aliphatic rings. The molecule has 0 saturated heterocycles. The van der Waals surface area contributed by atoms with E-state index in [-0.39, 0.29) is 32.6 Å². The fraction of sp³-hybridized carbons (Fsp3) is 0.289. The van der Waals surface area contributed by atoms with E-state index < -0.39 is 11.9 Å². The number of carboxylic acids is 2. The van der Waals surface area contributed by atoms with Gasteiger partial charge in [0.2, 0.25) is 0 Å². The molecule has 1 heterocycles. The van der Waals surface area contributed by atoms with Crippen molar-refractivity contribution in [3.63, 3.8) is 0 Å². The van der Waals surface area contributed by atoms with Crippen LogP contribution in [0.5, 0.6) is 17.2 Å². The molecule has 5 rings (SSSR count). The van der Waals surface area contributed by atoms with Crippen LogP contribution in [0.2, 0.25) is 10.0 Å². The zero-order valence-electron chi connectivity index (χ0n) is 32.2. The highest BCUT2D eigenvalue weighted by molar-refractivity contribution is 6.32. The van der Waals surface area contributed by atoms with Crippen molar-refractivity contribution in [3.8, 4) is 34.4 Å². The molecule has 296 valence electrons. The van der Waals surface area contributed by atoms with Crippen LogP contribution in [-0.2, 0) is 42.4 Å². The highest BCUT2D eigenvalue weighted by atomic mass is 35.5. The SMILES string of the molecule is Cc1cc(OCc2cccc(-c3cccc(COc4cc(OCc5cncc(C#N)c5)c(CNCCC(=O)O)cc4Cl)c3C)c2C)c(Cl)cc1CCCCC(=O)O. The Morgan fingerprint density at radius 2 is 1.32 bits per heavy atom. The third-order valence-corrected chi connectivity index (χ3v) is 10.3. The van der Waals surface area contributed by atoms with Gasteiger partial charge in [-0.05, 0) is 109 Å². The quantitative estimate of drug-likeness (QED) is 0.0648. The molecule has 0 aliphatic heterocycles. The Kier molecular flexibility index (Phi) is 15.3. The Labute approximate surface area is 343 Å². The third-order valence-electron chi connectivity index (χ3n) is 9.69. The van der Waals surface area contributed by atoms with E-state index in [0.29, 0.717) is 58.0 Å². The highest BCUT2D eigenvalue weighted by Gasteiger charge is 2.16. The molecule has 0 saturated carbocycles. The largest absolute Gasteiger partial charge is 0.488 e. The summed E-state index contributed by atoms with van der Waals surface area (Å²) in [4.78, 5) is 26.0. The fourth-order valence-electron chi connectivity index (χ4n) is 6.41. The van der Waals surface area contributed by atoms with E-state index >= 15 is 0 Å². The molecule has 4 aromatic carbocycles. The molecule has 1 aromatic heterocycles. The van der Waals surface area contributed by atoms with E-state index in [1.165, 1.54) is 6.20 Å². The lowest BCUT2D eigenvalue weighted by Crippen LogP contribution is -2.18. The van der Waals surface area contributed by atoms with E-state index in [4.69, 9.17) is 47.6 Å². The lowest BCUT2D eigenvalue weighted by Gasteiger charge is -2.18. The van der Waals surface area contributed by atoms with Gasteiger partial charge in [0, 0.05) is 49.1 Å². The number of nitrogens with zero attached hydrogens (tertiary/aromatic N) is 2. The van der Waals surface area contributed by atoms with E-state index in [2.05, 4.69) is 42.4 Å². The van der Waals surface area contributed by atoms with Crippen LogP contribution in [-0.4, -0.2) is 33.7 Å².